The lowest BCUT2D eigenvalue weighted by molar-refractivity contribution is -0.0808. The van der Waals surface area contributed by atoms with Crippen LogP contribution >= 0.6 is 11.8 Å². The standard InChI is InChI=1S/C12H23NOS/c1-10(13)2-3-11-4-6-14-12(8-11)5-7-15-9-12/h10-11H,2-9,13H2,1H3. The maximum absolute atomic E-state index is 6.01. The lowest BCUT2D eigenvalue weighted by Crippen LogP contribution is -2.40. The Kier molecular flexibility index (Phi) is 3.97. The highest BCUT2D eigenvalue weighted by Crippen LogP contribution is 2.41. The van der Waals surface area contributed by atoms with Crippen LogP contribution < -0.4 is 5.73 Å². The van der Waals surface area contributed by atoms with Crippen molar-refractivity contribution in [3.8, 4) is 0 Å². The molecule has 88 valence electrons. The van der Waals surface area contributed by atoms with Crippen molar-refractivity contribution in [1.29, 1.82) is 0 Å². The molecule has 0 bridgehead atoms. The third-order valence-electron chi connectivity index (χ3n) is 3.69. The Morgan fingerprint density at radius 2 is 2.47 bits per heavy atom. The molecular weight excluding hydrogens is 206 g/mol. The van der Waals surface area contributed by atoms with E-state index in [9.17, 15) is 0 Å². The molecule has 2 rings (SSSR count). The summed E-state index contributed by atoms with van der Waals surface area (Å²) in [4.78, 5) is 0. The van der Waals surface area contributed by atoms with Crippen LogP contribution in [0.5, 0.6) is 0 Å². The van der Waals surface area contributed by atoms with Gasteiger partial charge in [0, 0.05) is 18.4 Å². The predicted molar refractivity (Wildman–Crippen MR) is 66.2 cm³/mol. The Morgan fingerprint density at radius 3 is 3.13 bits per heavy atom. The fourth-order valence-electron chi connectivity index (χ4n) is 2.74. The number of hydrogen-bond acceptors (Lipinski definition) is 3. The van der Waals surface area contributed by atoms with Crippen LogP contribution in [0.4, 0.5) is 0 Å². The topological polar surface area (TPSA) is 35.2 Å². The summed E-state index contributed by atoms with van der Waals surface area (Å²) in [5, 5.41) is 0. The Labute approximate surface area is 97.3 Å². The highest BCUT2D eigenvalue weighted by atomic mass is 32.2. The molecule has 2 heterocycles. The van der Waals surface area contributed by atoms with Gasteiger partial charge in [-0.2, -0.15) is 11.8 Å². The fourth-order valence-corrected chi connectivity index (χ4v) is 4.12. The molecule has 3 unspecified atom stereocenters. The molecule has 2 aliphatic rings. The molecule has 0 radical (unpaired) electrons. The Bertz CT molecular complexity index is 202. The van der Waals surface area contributed by atoms with Gasteiger partial charge < -0.3 is 10.5 Å². The van der Waals surface area contributed by atoms with Crippen molar-refractivity contribution >= 4 is 11.8 Å². The number of thioether (sulfide) groups is 1. The minimum Gasteiger partial charge on any atom is -0.374 e. The molecule has 0 aromatic rings. The first-order chi connectivity index (χ1) is 7.20. The molecular formula is C12H23NOS. The molecule has 0 aromatic heterocycles. The van der Waals surface area contributed by atoms with Crippen molar-refractivity contribution in [2.75, 3.05) is 18.1 Å². The van der Waals surface area contributed by atoms with Crippen LogP contribution in [0.15, 0.2) is 0 Å². The van der Waals surface area contributed by atoms with Gasteiger partial charge >= 0.3 is 0 Å². The molecule has 15 heavy (non-hydrogen) atoms. The largest absolute Gasteiger partial charge is 0.374 e. The lowest BCUT2D eigenvalue weighted by Gasteiger charge is -2.38. The Morgan fingerprint density at radius 1 is 1.60 bits per heavy atom. The smallest absolute Gasteiger partial charge is 0.0783 e. The molecule has 3 atom stereocenters. The van der Waals surface area contributed by atoms with Crippen LogP contribution in [0.3, 0.4) is 0 Å². The molecule has 3 heteroatoms. The van der Waals surface area contributed by atoms with E-state index in [0.29, 0.717) is 6.04 Å². The summed E-state index contributed by atoms with van der Waals surface area (Å²) in [6, 6.07) is 0.363. The zero-order valence-electron chi connectivity index (χ0n) is 9.71. The molecule has 2 fully saturated rings. The third kappa shape index (κ3) is 3.11. The molecule has 2 N–H and O–H groups in total. The quantitative estimate of drug-likeness (QED) is 0.807. The lowest BCUT2D eigenvalue weighted by atomic mass is 9.82. The molecule has 0 amide bonds. The predicted octanol–water partition coefficient (Wildman–Crippen LogP) is 2.42. The van der Waals surface area contributed by atoms with Crippen molar-refractivity contribution in [3.63, 3.8) is 0 Å². The highest BCUT2D eigenvalue weighted by molar-refractivity contribution is 7.99. The van der Waals surface area contributed by atoms with Crippen LogP contribution in [0.1, 0.15) is 39.0 Å². The van der Waals surface area contributed by atoms with Crippen LogP contribution in [0, 0.1) is 5.92 Å². The van der Waals surface area contributed by atoms with E-state index >= 15 is 0 Å². The summed E-state index contributed by atoms with van der Waals surface area (Å²) in [5.41, 5.74) is 6.07. The van der Waals surface area contributed by atoms with Gasteiger partial charge in [0.2, 0.25) is 0 Å². The van der Waals surface area contributed by atoms with Crippen molar-refractivity contribution in [2.24, 2.45) is 11.7 Å². The van der Waals surface area contributed by atoms with Crippen LogP contribution in [-0.4, -0.2) is 29.8 Å². The first-order valence-corrected chi connectivity index (χ1v) is 7.33. The summed E-state index contributed by atoms with van der Waals surface area (Å²) in [6.45, 7) is 3.09. The molecule has 0 saturated carbocycles. The monoisotopic (exact) mass is 229 g/mol. The van der Waals surface area contributed by atoms with E-state index < -0.39 is 0 Å². The average Bonchev–Trinajstić information content (AvgIpc) is 2.63. The zero-order chi connectivity index (χ0) is 10.7. The van der Waals surface area contributed by atoms with Crippen LogP contribution in [0.25, 0.3) is 0 Å². The number of hydrogen-bond donors (Lipinski definition) is 1. The van der Waals surface area contributed by atoms with Crippen molar-refractivity contribution < 1.29 is 4.74 Å². The van der Waals surface area contributed by atoms with E-state index in [1.54, 1.807) is 0 Å². The van der Waals surface area contributed by atoms with Gasteiger partial charge in [0.05, 0.1) is 5.60 Å². The number of ether oxygens (including phenoxy) is 1. The van der Waals surface area contributed by atoms with Crippen molar-refractivity contribution in [1.82, 2.24) is 0 Å². The summed E-state index contributed by atoms with van der Waals surface area (Å²) >= 11 is 2.06. The second-order valence-corrected chi connectivity index (χ2v) is 6.35. The maximum atomic E-state index is 6.01. The van der Waals surface area contributed by atoms with Crippen molar-refractivity contribution in [2.45, 2.75) is 50.7 Å². The fraction of sp³-hybridized carbons (Fsp3) is 1.00. The Hall–Kier alpha value is 0.270. The first kappa shape index (κ1) is 11.7. The molecule has 0 aromatic carbocycles. The Balaban J connectivity index is 1.81. The van der Waals surface area contributed by atoms with E-state index in [1.165, 1.54) is 43.6 Å². The summed E-state index contributed by atoms with van der Waals surface area (Å²) < 4.78 is 6.01. The number of nitrogens with two attached hydrogens (primary N) is 1. The second-order valence-electron chi connectivity index (χ2n) is 5.25. The van der Waals surface area contributed by atoms with E-state index in [-0.39, 0.29) is 5.60 Å². The molecule has 2 nitrogen and oxygen atoms in total. The van der Waals surface area contributed by atoms with Gasteiger partial charge in [-0.05, 0) is 50.7 Å². The molecule has 2 saturated heterocycles. The van der Waals surface area contributed by atoms with E-state index in [2.05, 4.69) is 18.7 Å². The molecule has 2 aliphatic heterocycles. The van der Waals surface area contributed by atoms with Gasteiger partial charge in [0.1, 0.15) is 0 Å². The average molecular weight is 229 g/mol. The van der Waals surface area contributed by atoms with E-state index in [1.807, 2.05) is 0 Å². The first-order valence-electron chi connectivity index (χ1n) is 6.17. The SMILES string of the molecule is CC(N)CCC1CCOC2(CCSC2)C1. The third-order valence-corrected chi connectivity index (χ3v) is 4.92. The van der Waals surface area contributed by atoms with Gasteiger partial charge in [0.25, 0.3) is 0 Å². The zero-order valence-corrected chi connectivity index (χ0v) is 10.5. The highest BCUT2D eigenvalue weighted by Gasteiger charge is 2.40. The normalized spacial score (nSPS) is 38.4. The summed E-state index contributed by atoms with van der Waals surface area (Å²) in [5.74, 6) is 3.38. The van der Waals surface area contributed by atoms with Crippen LogP contribution in [-0.2, 0) is 4.74 Å². The van der Waals surface area contributed by atoms with Crippen LogP contribution in [0.2, 0.25) is 0 Å². The van der Waals surface area contributed by atoms with Gasteiger partial charge in [-0.15, -0.1) is 0 Å². The summed E-state index contributed by atoms with van der Waals surface area (Å²) in [7, 11) is 0. The van der Waals surface area contributed by atoms with Gasteiger partial charge in [-0.1, -0.05) is 0 Å². The minimum atomic E-state index is 0.255. The summed E-state index contributed by atoms with van der Waals surface area (Å²) in [6.07, 6.45) is 6.28. The van der Waals surface area contributed by atoms with Gasteiger partial charge in [-0.25, -0.2) is 0 Å². The van der Waals surface area contributed by atoms with E-state index in [4.69, 9.17) is 10.5 Å². The molecule has 0 aliphatic carbocycles. The molecule has 1 spiro atoms. The van der Waals surface area contributed by atoms with Gasteiger partial charge in [0.15, 0.2) is 0 Å². The second kappa shape index (κ2) is 5.07. The number of rotatable bonds is 3. The van der Waals surface area contributed by atoms with E-state index in [0.717, 1.165) is 12.5 Å². The maximum Gasteiger partial charge on any atom is 0.0783 e. The van der Waals surface area contributed by atoms with Gasteiger partial charge in [-0.3, -0.25) is 0 Å². The van der Waals surface area contributed by atoms with Crippen molar-refractivity contribution in [3.05, 3.63) is 0 Å². The minimum absolute atomic E-state index is 0.255.